The first-order chi connectivity index (χ1) is 9.06. The maximum Gasteiger partial charge on any atom is 0.335 e. The van der Waals surface area contributed by atoms with Gasteiger partial charge in [-0.2, -0.15) is 0 Å². The molecule has 0 radical (unpaired) electrons. The lowest BCUT2D eigenvalue weighted by atomic mass is 10.1. The van der Waals surface area contributed by atoms with Gasteiger partial charge in [-0.05, 0) is 24.6 Å². The molecule has 1 heterocycles. The molecule has 19 heavy (non-hydrogen) atoms. The molecule has 0 aromatic heterocycles. The van der Waals surface area contributed by atoms with Crippen LogP contribution in [0.2, 0.25) is 0 Å². The van der Waals surface area contributed by atoms with E-state index in [2.05, 4.69) is 10.6 Å². The lowest BCUT2D eigenvalue weighted by Gasteiger charge is -2.11. The summed E-state index contributed by atoms with van der Waals surface area (Å²) < 4.78 is 0. The summed E-state index contributed by atoms with van der Waals surface area (Å²) in [4.78, 5) is 33.6. The third-order valence-corrected chi connectivity index (χ3v) is 2.97. The average molecular weight is 262 g/mol. The molecule has 1 aromatic rings. The van der Waals surface area contributed by atoms with E-state index in [1.165, 1.54) is 18.2 Å². The van der Waals surface area contributed by atoms with Gasteiger partial charge < -0.3 is 15.7 Å². The van der Waals surface area contributed by atoms with Crippen LogP contribution in [0.1, 0.15) is 33.6 Å². The van der Waals surface area contributed by atoms with E-state index in [1.807, 2.05) is 0 Å². The number of hydrogen-bond acceptors (Lipinski definition) is 3. The Hall–Kier alpha value is -2.37. The summed E-state index contributed by atoms with van der Waals surface area (Å²) in [7, 11) is 0. The van der Waals surface area contributed by atoms with Gasteiger partial charge in [-0.25, -0.2) is 4.79 Å². The number of benzene rings is 1. The van der Waals surface area contributed by atoms with E-state index in [0.717, 1.165) is 0 Å². The van der Waals surface area contributed by atoms with Gasteiger partial charge >= 0.3 is 5.97 Å². The molecule has 6 nitrogen and oxygen atoms in total. The summed E-state index contributed by atoms with van der Waals surface area (Å²) in [5.41, 5.74) is 0.367. The minimum absolute atomic E-state index is 0.00729. The molecule has 0 aliphatic carbocycles. The number of carboxylic acids is 1. The van der Waals surface area contributed by atoms with Crippen molar-refractivity contribution in [3.8, 4) is 0 Å². The van der Waals surface area contributed by atoms with Crippen LogP contribution >= 0.6 is 0 Å². The van der Waals surface area contributed by atoms with Crippen molar-refractivity contribution in [1.29, 1.82) is 0 Å². The predicted molar refractivity (Wildman–Crippen MR) is 66.9 cm³/mol. The van der Waals surface area contributed by atoms with Gasteiger partial charge in [0.15, 0.2) is 0 Å². The largest absolute Gasteiger partial charge is 0.478 e. The molecule has 0 bridgehead atoms. The lowest BCUT2D eigenvalue weighted by Crippen LogP contribution is -2.38. The Morgan fingerprint density at radius 1 is 1.37 bits per heavy atom. The Labute approximate surface area is 109 Å². The fraction of sp³-hybridized carbons (Fsp3) is 0.308. The van der Waals surface area contributed by atoms with Crippen molar-refractivity contribution in [2.75, 3.05) is 6.54 Å². The Bertz CT molecular complexity index is 527. The zero-order valence-corrected chi connectivity index (χ0v) is 10.2. The highest BCUT2D eigenvalue weighted by Crippen LogP contribution is 2.07. The molecule has 1 aliphatic heterocycles. The molecule has 1 aromatic carbocycles. The van der Waals surface area contributed by atoms with E-state index in [4.69, 9.17) is 5.11 Å². The molecule has 1 saturated heterocycles. The number of hydrogen-bond donors (Lipinski definition) is 3. The standard InChI is InChI=1S/C13H14N2O4/c16-11-5-4-10(15-11)7-14-12(17)8-2-1-3-9(6-8)13(18)19/h1-3,6,10H,4-5,7H2,(H,14,17)(H,15,16)(H,18,19). The second kappa shape index (κ2) is 5.51. The third-order valence-electron chi connectivity index (χ3n) is 2.97. The second-order valence-corrected chi connectivity index (χ2v) is 4.40. The van der Waals surface area contributed by atoms with Gasteiger partial charge in [-0.15, -0.1) is 0 Å². The van der Waals surface area contributed by atoms with Crippen molar-refractivity contribution in [2.45, 2.75) is 18.9 Å². The molecule has 1 unspecified atom stereocenters. The summed E-state index contributed by atoms with van der Waals surface area (Å²) in [6.07, 6.45) is 1.18. The number of carbonyl (C=O) groups is 3. The molecular weight excluding hydrogens is 248 g/mol. The Morgan fingerprint density at radius 2 is 2.11 bits per heavy atom. The van der Waals surface area contributed by atoms with E-state index in [1.54, 1.807) is 6.07 Å². The van der Waals surface area contributed by atoms with Crippen molar-refractivity contribution in [1.82, 2.24) is 10.6 Å². The summed E-state index contributed by atoms with van der Waals surface area (Å²) in [6.45, 7) is 0.349. The normalized spacial score (nSPS) is 17.9. The zero-order chi connectivity index (χ0) is 13.8. The first kappa shape index (κ1) is 13.1. The maximum atomic E-state index is 11.8. The van der Waals surface area contributed by atoms with Crippen LogP contribution < -0.4 is 10.6 Å². The van der Waals surface area contributed by atoms with Crippen LogP contribution in [0.15, 0.2) is 24.3 Å². The van der Waals surface area contributed by atoms with E-state index in [9.17, 15) is 14.4 Å². The van der Waals surface area contributed by atoms with Crippen molar-refractivity contribution in [3.05, 3.63) is 35.4 Å². The highest BCUT2D eigenvalue weighted by Gasteiger charge is 2.21. The minimum Gasteiger partial charge on any atom is -0.478 e. The smallest absolute Gasteiger partial charge is 0.335 e. The summed E-state index contributed by atoms with van der Waals surface area (Å²) in [6, 6.07) is 5.78. The molecule has 3 N–H and O–H groups in total. The average Bonchev–Trinajstić information content (AvgIpc) is 2.82. The van der Waals surface area contributed by atoms with Crippen LogP contribution in [0.3, 0.4) is 0 Å². The van der Waals surface area contributed by atoms with Gasteiger partial charge in [0.2, 0.25) is 5.91 Å². The van der Waals surface area contributed by atoms with Crippen LogP contribution in [0.25, 0.3) is 0 Å². The fourth-order valence-corrected chi connectivity index (χ4v) is 1.94. The number of aromatic carboxylic acids is 1. The molecule has 1 atom stereocenters. The van der Waals surface area contributed by atoms with Crippen molar-refractivity contribution in [3.63, 3.8) is 0 Å². The number of carboxylic acid groups (broad SMARTS) is 1. The van der Waals surface area contributed by atoms with Gasteiger partial charge in [-0.3, -0.25) is 9.59 Å². The van der Waals surface area contributed by atoms with E-state index >= 15 is 0 Å². The quantitative estimate of drug-likeness (QED) is 0.731. The summed E-state index contributed by atoms with van der Waals surface area (Å²) in [5.74, 6) is -1.42. The van der Waals surface area contributed by atoms with Crippen LogP contribution in [0.4, 0.5) is 0 Å². The van der Waals surface area contributed by atoms with Gasteiger partial charge in [0, 0.05) is 24.6 Å². The highest BCUT2D eigenvalue weighted by molar-refractivity contribution is 5.97. The zero-order valence-electron chi connectivity index (χ0n) is 10.2. The monoisotopic (exact) mass is 262 g/mol. The van der Waals surface area contributed by atoms with Crippen LogP contribution in [0.5, 0.6) is 0 Å². The first-order valence-electron chi connectivity index (χ1n) is 5.97. The van der Waals surface area contributed by atoms with Gasteiger partial charge in [0.1, 0.15) is 0 Å². The van der Waals surface area contributed by atoms with E-state index in [0.29, 0.717) is 24.9 Å². The van der Waals surface area contributed by atoms with Crippen molar-refractivity contribution >= 4 is 17.8 Å². The highest BCUT2D eigenvalue weighted by atomic mass is 16.4. The van der Waals surface area contributed by atoms with Crippen LogP contribution in [0, 0.1) is 0 Å². The molecular formula is C13H14N2O4. The third kappa shape index (κ3) is 3.31. The Balaban J connectivity index is 1.94. The molecule has 2 amide bonds. The first-order valence-corrected chi connectivity index (χ1v) is 5.97. The van der Waals surface area contributed by atoms with Gasteiger partial charge in [0.25, 0.3) is 5.91 Å². The number of nitrogens with one attached hydrogen (secondary N) is 2. The molecule has 2 rings (SSSR count). The van der Waals surface area contributed by atoms with Gasteiger partial charge in [-0.1, -0.05) is 6.07 Å². The van der Waals surface area contributed by atoms with Crippen molar-refractivity contribution in [2.24, 2.45) is 0 Å². The van der Waals surface area contributed by atoms with Crippen LogP contribution in [-0.4, -0.2) is 35.5 Å². The molecule has 6 heteroatoms. The molecule has 0 spiro atoms. The van der Waals surface area contributed by atoms with Crippen molar-refractivity contribution < 1.29 is 19.5 Å². The van der Waals surface area contributed by atoms with Crippen LogP contribution in [-0.2, 0) is 4.79 Å². The Kier molecular flexibility index (Phi) is 3.79. The molecule has 1 fully saturated rings. The summed E-state index contributed by atoms with van der Waals surface area (Å²) >= 11 is 0. The molecule has 1 aliphatic rings. The molecule has 100 valence electrons. The molecule has 0 saturated carbocycles. The summed E-state index contributed by atoms with van der Waals surface area (Å²) in [5, 5.41) is 14.3. The Morgan fingerprint density at radius 3 is 2.74 bits per heavy atom. The number of amides is 2. The maximum absolute atomic E-state index is 11.8. The second-order valence-electron chi connectivity index (χ2n) is 4.40. The number of rotatable bonds is 4. The SMILES string of the molecule is O=C1CCC(CNC(=O)c2cccc(C(=O)O)c2)N1. The lowest BCUT2D eigenvalue weighted by molar-refractivity contribution is -0.119. The van der Waals surface area contributed by atoms with E-state index in [-0.39, 0.29) is 23.4 Å². The number of carbonyl (C=O) groups excluding carboxylic acids is 2. The predicted octanol–water partition coefficient (Wildman–Crippen LogP) is 0.393. The van der Waals surface area contributed by atoms with E-state index < -0.39 is 5.97 Å². The topological polar surface area (TPSA) is 95.5 Å². The van der Waals surface area contributed by atoms with Gasteiger partial charge in [0.05, 0.1) is 5.56 Å². The fourth-order valence-electron chi connectivity index (χ4n) is 1.94. The minimum atomic E-state index is -1.07.